The van der Waals surface area contributed by atoms with Crippen molar-refractivity contribution in [1.82, 2.24) is 19.4 Å². The lowest BCUT2D eigenvalue weighted by atomic mass is 10.2. The van der Waals surface area contributed by atoms with E-state index in [1.165, 1.54) is 0 Å². The summed E-state index contributed by atoms with van der Waals surface area (Å²) in [5.74, 6) is 0.757. The molecule has 9 nitrogen and oxygen atoms in total. The van der Waals surface area contributed by atoms with Crippen molar-refractivity contribution < 1.29 is 17.9 Å². The number of carbonyl (C=O) groups excluding carboxylic acids is 1. The molecule has 1 aromatic carbocycles. The number of hydrogen-bond acceptors (Lipinski definition) is 5. The van der Waals surface area contributed by atoms with Gasteiger partial charge in [0.25, 0.3) is 0 Å². The molecule has 1 aromatic rings. The van der Waals surface area contributed by atoms with Crippen LogP contribution in [-0.2, 0) is 21.3 Å². The number of piperazine rings is 1. The Kier molecular flexibility index (Phi) is 7.54. The Balaban J connectivity index is 1.52. The van der Waals surface area contributed by atoms with Crippen LogP contribution in [0.15, 0.2) is 34.2 Å². The van der Waals surface area contributed by atoms with Gasteiger partial charge in [-0.2, -0.15) is 4.31 Å². The molecular weight excluding hydrogens is 406 g/mol. The molecule has 0 radical (unpaired) electrons. The van der Waals surface area contributed by atoms with Gasteiger partial charge in [-0.15, -0.1) is 0 Å². The minimum Gasteiger partial charge on any atom is -0.450 e. The van der Waals surface area contributed by atoms with E-state index in [1.807, 2.05) is 12.1 Å². The normalized spacial score (nSPS) is 18.5. The van der Waals surface area contributed by atoms with Crippen molar-refractivity contribution in [3.05, 3.63) is 29.8 Å². The highest BCUT2D eigenvalue weighted by Crippen LogP contribution is 2.21. The molecule has 2 saturated heterocycles. The third-order valence-electron chi connectivity index (χ3n) is 5.39. The lowest BCUT2D eigenvalue weighted by molar-refractivity contribution is 0.0914. The van der Waals surface area contributed by atoms with Gasteiger partial charge in [-0.05, 0) is 37.5 Å². The van der Waals surface area contributed by atoms with E-state index in [1.54, 1.807) is 35.3 Å². The number of guanidine groups is 1. The van der Waals surface area contributed by atoms with E-state index in [-0.39, 0.29) is 6.09 Å². The Bertz CT molecular complexity index is 842. The summed E-state index contributed by atoms with van der Waals surface area (Å²) < 4.78 is 31.9. The fourth-order valence-corrected chi connectivity index (χ4v) is 5.20. The van der Waals surface area contributed by atoms with Crippen LogP contribution in [0.5, 0.6) is 0 Å². The van der Waals surface area contributed by atoms with Crippen molar-refractivity contribution >= 4 is 22.1 Å². The summed E-state index contributed by atoms with van der Waals surface area (Å²) in [6.45, 7) is 6.43. The number of rotatable bonds is 5. The third-order valence-corrected chi connectivity index (χ3v) is 7.31. The SMILES string of the molecule is CCOC(=O)N1CCN(C(=NC)NCc2ccc(S(=O)(=O)N3CCCC3)cc2)CC1. The second-order valence-electron chi connectivity index (χ2n) is 7.33. The first-order valence-electron chi connectivity index (χ1n) is 10.4. The average molecular weight is 438 g/mol. The minimum atomic E-state index is -3.39. The smallest absolute Gasteiger partial charge is 0.409 e. The monoisotopic (exact) mass is 437 g/mol. The first kappa shape index (κ1) is 22.4. The van der Waals surface area contributed by atoms with Crippen molar-refractivity contribution in [2.45, 2.75) is 31.2 Å². The first-order chi connectivity index (χ1) is 14.5. The van der Waals surface area contributed by atoms with Crippen LogP contribution in [0, 0.1) is 0 Å². The second kappa shape index (κ2) is 10.1. The van der Waals surface area contributed by atoms with Crippen molar-refractivity contribution in [3.63, 3.8) is 0 Å². The summed E-state index contributed by atoms with van der Waals surface area (Å²) >= 11 is 0. The molecule has 0 aliphatic carbocycles. The van der Waals surface area contributed by atoms with Crippen molar-refractivity contribution in [2.75, 3.05) is 52.9 Å². The zero-order valence-corrected chi connectivity index (χ0v) is 18.5. The van der Waals surface area contributed by atoms with E-state index in [0.717, 1.165) is 24.4 Å². The molecular formula is C20H31N5O4S. The molecule has 3 rings (SSSR count). The van der Waals surface area contributed by atoms with E-state index in [2.05, 4.69) is 15.2 Å². The number of benzene rings is 1. The summed E-state index contributed by atoms with van der Waals surface area (Å²) in [5, 5.41) is 3.32. The molecule has 1 N–H and O–H groups in total. The maximum Gasteiger partial charge on any atom is 0.409 e. The Morgan fingerprint density at radius 3 is 2.20 bits per heavy atom. The van der Waals surface area contributed by atoms with Crippen LogP contribution < -0.4 is 5.32 Å². The molecule has 0 bridgehead atoms. The summed E-state index contributed by atoms with van der Waals surface area (Å²) in [6.07, 6.45) is 1.58. The molecule has 1 amide bonds. The fourth-order valence-electron chi connectivity index (χ4n) is 3.69. The van der Waals surface area contributed by atoms with E-state index >= 15 is 0 Å². The summed E-state index contributed by atoms with van der Waals surface area (Å²) in [4.78, 5) is 20.3. The van der Waals surface area contributed by atoms with Crippen molar-refractivity contribution in [2.24, 2.45) is 4.99 Å². The Labute approximate surface area is 178 Å². The zero-order chi connectivity index (χ0) is 21.6. The molecule has 30 heavy (non-hydrogen) atoms. The maximum absolute atomic E-state index is 12.6. The number of amides is 1. The van der Waals surface area contributed by atoms with E-state index in [4.69, 9.17) is 4.74 Å². The van der Waals surface area contributed by atoms with E-state index < -0.39 is 10.0 Å². The number of carbonyl (C=O) groups is 1. The molecule has 10 heteroatoms. The Morgan fingerprint density at radius 1 is 1.03 bits per heavy atom. The van der Waals surface area contributed by atoms with Gasteiger partial charge in [-0.25, -0.2) is 13.2 Å². The molecule has 0 spiro atoms. The molecule has 166 valence electrons. The summed E-state index contributed by atoms with van der Waals surface area (Å²) in [7, 11) is -1.66. The standard InChI is InChI=1S/C20H31N5O4S/c1-3-29-20(26)24-14-12-23(13-15-24)19(21-2)22-16-17-6-8-18(9-7-17)30(27,28)25-10-4-5-11-25/h6-9H,3-5,10-16H2,1-2H3,(H,21,22). The van der Waals surface area contributed by atoms with Gasteiger partial charge in [0.2, 0.25) is 10.0 Å². The van der Waals surface area contributed by atoms with Crippen LogP contribution in [0.1, 0.15) is 25.3 Å². The van der Waals surface area contributed by atoms with Crippen LogP contribution >= 0.6 is 0 Å². The maximum atomic E-state index is 12.6. The number of nitrogens with zero attached hydrogens (tertiary/aromatic N) is 4. The molecule has 0 atom stereocenters. The highest BCUT2D eigenvalue weighted by molar-refractivity contribution is 7.89. The highest BCUT2D eigenvalue weighted by Gasteiger charge is 2.27. The molecule has 2 heterocycles. The number of sulfonamides is 1. The van der Waals surface area contributed by atoms with Gasteiger partial charge in [0.15, 0.2) is 5.96 Å². The highest BCUT2D eigenvalue weighted by atomic mass is 32.2. The van der Waals surface area contributed by atoms with Gasteiger partial charge in [0, 0.05) is 52.9 Å². The van der Waals surface area contributed by atoms with Crippen LogP contribution in [0.25, 0.3) is 0 Å². The van der Waals surface area contributed by atoms with E-state index in [0.29, 0.717) is 57.3 Å². The first-order valence-corrected chi connectivity index (χ1v) is 11.9. The molecule has 2 aliphatic rings. The Hall–Kier alpha value is -2.33. The van der Waals surface area contributed by atoms with Crippen LogP contribution in [-0.4, -0.2) is 87.5 Å². The molecule has 2 aliphatic heterocycles. The van der Waals surface area contributed by atoms with Gasteiger partial charge < -0.3 is 19.9 Å². The number of aliphatic imine (C=N–C) groups is 1. The predicted octanol–water partition coefficient (Wildman–Crippen LogP) is 1.32. The van der Waals surface area contributed by atoms with Gasteiger partial charge in [-0.1, -0.05) is 12.1 Å². The Morgan fingerprint density at radius 2 is 1.63 bits per heavy atom. The number of nitrogens with one attached hydrogen (secondary N) is 1. The van der Waals surface area contributed by atoms with Gasteiger partial charge in [0.05, 0.1) is 11.5 Å². The van der Waals surface area contributed by atoms with Crippen LogP contribution in [0.4, 0.5) is 4.79 Å². The number of hydrogen-bond donors (Lipinski definition) is 1. The van der Waals surface area contributed by atoms with Gasteiger partial charge in [0.1, 0.15) is 0 Å². The predicted molar refractivity (Wildman–Crippen MR) is 115 cm³/mol. The molecule has 0 aromatic heterocycles. The third kappa shape index (κ3) is 5.23. The lowest BCUT2D eigenvalue weighted by Gasteiger charge is -2.35. The summed E-state index contributed by atoms with van der Waals surface area (Å²) in [5.41, 5.74) is 0.974. The van der Waals surface area contributed by atoms with Crippen LogP contribution in [0.3, 0.4) is 0 Å². The van der Waals surface area contributed by atoms with Gasteiger partial charge in [-0.3, -0.25) is 4.99 Å². The van der Waals surface area contributed by atoms with Crippen molar-refractivity contribution in [3.8, 4) is 0 Å². The second-order valence-corrected chi connectivity index (χ2v) is 9.27. The quantitative estimate of drug-likeness (QED) is 0.552. The minimum absolute atomic E-state index is 0.274. The largest absolute Gasteiger partial charge is 0.450 e. The van der Waals surface area contributed by atoms with E-state index in [9.17, 15) is 13.2 Å². The lowest BCUT2D eigenvalue weighted by Crippen LogP contribution is -2.53. The molecule has 0 unspecified atom stereocenters. The number of ether oxygens (including phenoxy) is 1. The summed E-state index contributed by atoms with van der Waals surface area (Å²) in [6, 6.07) is 7.01. The molecule has 2 fully saturated rings. The topological polar surface area (TPSA) is 94.5 Å². The molecule has 0 saturated carbocycles. The average Bonchev–Trinajstić information content (AvgIpc) is 3.31. The zero-order valence-electron chi connectivity index (χ0n) is 17.7. The fraction of sp³-hybridized carbons (Fsp3) is 0.600. The van der Waals surface area contributed by atoms with Crippen LogP contribution in [0.2, 0.25) is 0 Å². The van der Waals surface area contributed by atoms with Crippen molar-refractivity contribution in [1.29, 1.82) is 0 Å². The van der Waals surface area contributed by atoms with Gasteiger partial charge >= 0.3 is 6.09 Å².